The summed E-state index contributed by atoms with van der Waals surface area (Å²) in [6.45, 7) is 0. The zero-order chi connectivity index (χ0) is 12.4. The molecule has 1 aromatic heterocycles. The second-order valence-corrected chi connectivity index (χ2v) is 3.82. The van der Waals surface area contributed by atoms with Crippen LogP contribution in [0.5, 0.6) is 0 Å². The van der Waals surface area contributed by atoms with Crippen molar-refractivity contribution in [3.63, 3.8) is 0 Å². The molecule has 1 heterocycles. The maximum atomic E-state index is 13.4. The Labute approximate surface area is 102 Å². The predicted molar refractivity (Wildman–Crippen MR) is 59.7 cm³/mol. The molecule has 1 atom stereocenters. The van der Waals surface area contributed by atoms with E-state index in [1.165, 1.54) is 30.5 Å². The van der Waals surface area contributed by atoms with E-state index in [9.17, 15) is 13.9 Å². The Kier molecular flexibility index (Phi) is 3.36. The topological polar surface area (TPSA) is 33.1 Å². The number of halogens is 3. The lowest BCUT2D eigenvalue weighted by Crippen LogP contribution is -2.04. The van der Waals surface area contributed by atoms with E-state index >= 15 is 0 Å². The molecule has 17 heavy (non-hydrogen) atoms. The Morgan fingerprint density at radius 3 is 2.59 bits per heavy atom. The third kappa shape index (κ3) is 2.28. The van der Waals surface area contributed by atoms with E-state index in [0.29, 0.717) is 0 Å². The number of aromatic nitrogens is 1. The van der Waals surface area contributed by atoms with Gasteiger partial charge in [0.25, 0.3) is 0 Å². The maximum Gasteiger partial charge on any atom is 0.147 e. The van der Waals surface area contributed by atoms with Crippen LogP contribution in [0.2, 0.25) is 5.02 Å². The van der Waals surface area contributed by atoms with Gasteiger partial charge in [0.1, 0.15) is 17.7 Å². The van der Waals surface area contributed by atoms with Crippen molar-refractivity contribution in [3.05, 3.63) is 64.4 Å². The lowest BCUT2D eigenvalue weighted by Gasteiger charge is -2.13. The lowest BCUT2D eigenvalue weighted by molar-refractivity contribution is 0.214. The molecule has 1 aromatic carbocycles. The van der Waals surface area contributed by atoms with E-state index in [1.54, 1.807) is 0 Å². The minimum absolute atomic E-state index is 0.00694. The maximum absolute atomic E-state index is 13.4. The molecule has 0 fully saturated rings. The quantitative estimate of drug-likeness (QED) is 0.895. The first-order valence-electron chi connectivity index (χ1n) is 4.82. The smallest absolute Gasteiger partial charge is 0.147 e. The van der Waals surface area contributed by atoms with Crippen molar-refractivity contribution in [2.45, 2.75) is 6.10 Å². The fraction of sp³-hybridized carbons (Fsp3) is 0.0833. The minimum Gasteiger partial charge on any atom is -0.383 e. The molecule has 1 unspecified atom stereocenters. The van der Waals surface area contributed by atoms with Gasteiger partial charge in [-0.15, -0.1) is 0 Å². The zero-order valence-electron chi connectivity index (χ0n) is 8.57. The Hall–Kier alpha value is -1.52. The van der Waals surface area contributed by atoms with Crippen LogP contribution in [0.1, 0.15) is 17.2 Å². The Balaban J connectivity index is 2.48. The van der Waals surface area contributed by atoms with Gasteiger partial charge in [-0.05, 0) is 12.1 Å². The fourth-order valence-corrected chi connectivity index (χ4v) is 1.74. The summed E-state index contributed by atoms with van der Waals surface area (Å²) < 4.78 is 26.6. The largest absolute Gasteiger partial charge is 0.383 e. The highest BCUT2D eigenvalue weighted by Crippen LogP contribution is 2.30. The molecule has 0 saturated heterocycles. The van der Waals surface area contributed by atoms with Gasteiger partial charge >= 0.3 is 0 Å². The summed E-state index contributed by atoms with van der Waals surface area (Å²) in [6.07, 6.45) is 1.00. The number of aliphatic hydroxyl groups is 1. The highest BCUT2D eigenvalue weighted by molar-refractivity contribution is 6.31. The average molecular weight is 256 g/mol. The molecule has 0 bridgehead atoms. The van der Waals surface area contributed by atoms with Gasteiger partial charge in [-0.25, -0.2) is 8.78 Å². The number of nitrogens with zero attached hydrogens (tertiary/aromatic N) is 1. The van der Waals surface area contributed by atoms with Crippen LogP contribution in [0.3, 0.4) is 0 Å². The Bertz CT molecular complexity index is 548. The van der Waals surface area contributed by atoms with Crippen LogP contribution in [-0.4, -0.2) is 10.1 Å². The second-order valence-electron chi connectivity index (χ2n) is 3.44. The molecule has 2 aromatic rings. The van der Waals surface area contributed by atoms with E-state index in [-0.39, 0.29) is 16.1 Å². The summed E-state index contributed by atoms with van der Waals surface area (Å²) in [5.74, 6) is -1.32. The molecule has 1 N–H and O–H groups in total. The first kappa shape index (κ1) is 12.0. The summed E-state index contributed by atoms with van der Waals surface area (Å²) in [5, 5.41) is 9.75. The molecule has 2 rings (SSSR count). The van der Waals surface area contributed by atoms with Crippen molar-refractivity contribution >= 4 is 11.6 Å². The minimum atomic E-state index is -1.32. The van der Waals surface area contributed by atoms with Gasteiger partial charge in [0.05, 0.1) is 11.2 Å². The summed E-state index contributed by atoms with van der Waals surface area (Å²) >= 11 is 5.72. The first-order chi connectivity index (χ1) is 8.11. The van der Waals surface area contributed by atoms with Crippen molar-refractivity contribution in [2.24, 2.45) is 0 Å². The summed E-state index contributed by atoms with van der Waals surface area (Å²) in [7, 11) is 0. The number of benzene rings is 1. The molecule has 0 radical (unpaired) electrons. The van der Waals surface area contributed by atoms with Crippen LogP contribution in [0.15, 0.2) is 36.7 Å². The van der Waals surface area contributed by atoms with Crippen LogP contribution < -0.4 is 0 Å². The lowest BCUT2D eigenvalue weighted by atomic mass is 10.0. The van der Waals surface area contributed by atoms with Crippen LogP contribution >= 0.6 is 11.6 Å². The molecule has 2 nitrogen and oxygen atoms in total. The van der Waals surface area contributed by atoms with E-state index in [2.05, 4.69) is 4.98 Å². The standard InChI is InChI=1S/C12H8ClF2NO/c13-11-8(2-1-3-9(11)14)12(17)7-4-5-16-6-10(7)15/h1-6,12,17H. The highest BCUT2D eigenvalue weighted by atomic mass is 35.5. The van der Waals surface area contributed by atoms with Crippen LogP contribution in [0, 0.1) is 11.6 Å². The molecule has 5 heteroatoms. The third-order valence-electron chi connectivity index (χ3n) is 2.37. The zero-order valence-corrected chi connectivity index (χ0v) is 9.33. The first-order valence-corrected chi connectivity index (χ1v) is 5.20. The van der Waals surface area contributed by atoms with E-state index in [4.69, 9.17) is 11.6 Å². The summed E-state index contributed by atoms with van der Waals surface area (Å²) in [4.78, 5) is 3.57. The van der Waals surface area contributed by atoms with Crippen LogP contribution in [0.25, 0.3) is 0 Å². The van der Waals surface area contributed by atoms with Gasteiger partial charge < -0.3 is 5.11 Å². The van der Waals surface area contributed by atoms with Crippen molar-refractivity contribution in [1.29, 1.82) is 0 Å². The SMILES string of the molecule is OC(c1ccncc1F)c1cccc(F)c1Cl. The van der Waals surface area contributed by atoms with Crippen molar-refractivity contribution in [3.8, 4) is 0 Å². The molecule has 0 amide bonds. The Morgan fingerprint density at radius 2 is 1.88 bits per heavy atom. The second kappa shape index (κ2) is 4.77. The molecule has 0 spiro atoms. The number of aliphatic hydroxyl groups excluding tert-OH is 1. The molecular weight excluding hydrogens is 248 g/mol. The van der Waals surface area contributed by atoms with E-state index in [1.807, 2.05) is 0 Å². The normalized spacial score (nSPS) is 12.5. The van der Waals surface area contributed by atoms with Crippen molar-refractivity contribution < 1.29 is 13.9 Å². The van der Waals surface area contributed by atoms with Crippen molar-refractivity contribution in [1.82, 2.24) is 4.98 Å². The third-order valence-corrected chi connectivity index (χ3v) is 2.77. The monoisotopic (exact) mass is 255 g/mol. The summed E-state index contributed by atoms with van der Waals surface area (Å²) in [6, 6.07) is 5.33. The molecule has 0 aliphatic carbocycles. The van der Waals surface area contributed by atoms with Gasteiger partial charge in [-0.3, -0.25) is 4.98 Å². The van der Waals surface area contributed by atoms with Gasteiger partial charge in [-0.1, -0.05) is 23.7 Å². The molecular formula is C12H8ClF2NO. The van der Waals surface area contributed by atoms with E-state index in [0.717, 1.165) is 6.20 Å². The van der Waals surface area contributed by atoms with Crippen molar-refractivity contribution in [2.75, 3.05) is 0 Å². The number of rotatable bonds is 2. The number of hydrogen-bond donors (Lipinski definition) is 1. The molecule has 88 valence electrons. The van der Waals surface area contributed by atoms with Gasteiger partial charge in [-0.2, -0.15) is 0 Å². The molecule has 0 aliphatic rings. The molecule has 0 aliphatic heterocycles. The van der Waals surface area contributed by atoms with Crippen LogP contribution in [-0.2, 0) is 0 Å². The van der Waals surface area contributed by atoms with Crippen LogP contribution in [0.4, 0.5) is 8.78 Å². The number of hydrogen-bond acceptors (Lipinski definition) is 2. The van der Waals surface area contributed by atoms with E-state index < -0.39 is 17.7 Å². The Morgan fingerprint density at radius 1 is 1.12 bits per heavy atom. The van der Waals surface area contributed by atoms with Gasteiger partial charge in [0, 0.05) is 17.3 Å². The van der Waals surface area contributed by atoms with Gasteiger partial charge in [0.2, 0.25) is 0 Å². The summed E-state index contributed by atoms with van der Waals surface area (Å²) in [5.41, 5.74) is 0.129. The number of pyridine rings is 1. The van der Waals surface area contributed by atoms with Gasteiger partial charge in [0.15, 0.2) is 0 Å². The highest BCUT2D eigenvalue weighted by Gasteiger charge is 2.19. The fourth-order valence-electron chi connectivity index (χ4n) is 1.51. The average Bonchev–Trinajstić information content (AvgIpc) is 2.32. The predicted octanol–water partition coefficient (Wildman–Crippen LogP) is 3.09. The molecule has 0 saturated carbocycles.